The van der Waals surface area contributed by atoms with Crippen LogP contribution < -0.4 is 5.73 Å². The number of benzene rings is 1. The summed E-state index contributed by atoms with van der Waals surface area (Å²) in [5.74, 6) is -0.424. The Morgan fingerprint density at radius 1 is 1.33 bits per heavy atom. The molecule has 1 fully saturated rings. The van der Waals surface area contributed by atoms with E-state index >= 15 is 0 Å². The van der Waals surface area contributed by atoms with Crippen molar-refractivity contribution in [2.45, 2.75) is 31.7 Å². The van der Waals surface area contributed by atoms with Gasteiger partial charge in [-0.25, -0.2) is 4.39 Å². The summed E-state index contributed by atoms with van der Waals surface area (Å²) < 4.78 is 13.1. The number of hydrogen-bond acceptors (Lipinski definition) is 2. The summed E-state index contributed by atoms with van der Waals surface area (Å²) in [6.07, 6.45) is 4.70. The van der Waals surface area contributed by atoms with E-state index in [-0.39, 0.29) is 11.8 Å². The van der Waals surface area contributed by atoms with Crippen molar-refractivity contribution in [2.24, 2.45) is 11.7 Å². The van der Waals surface area contributed by atoms with Gasteiger partial charge in [-0.2, -0.15) is 0 Å². The van der Waals surface area contributed by atoms with E-state index in [2.05, 4.69) is 0 Å². The second-order valence-electron chi connectivity index (χ2n) is 4.28. The highest BCUT2D eigenvalue weighted by molar-refractivity contribution is 5.30. The maximum atomic E-state index is 13.1. The number of rotatable bonds is 2. The standard InChI is InChI=1S/C12H16FNO/c13-10-7-9(5-6-11(10)15)12(14)8-3-1-2-4-8/h5-8,12,15H,1-4,14H2/t12-/m0/s1. The molecule has 0 radical (unpaired) electrons. The lowest BCUT2D eigenvalue weighted by Gasteiger charge is -2.19. The third-order valence-corrected chi connectivity index (χ3v) is 3.26. The van der Waals surface area contributed by atoms with E-state index in [1.807, 2.05) is 0 Å². The van der Waals surface area contributed by atoms with E-state index in [9.17, 15) is 4.39 Å². The van der Waals surface area contributed by atoms with Crippen LogP contribution in [-0.4, -0.2) is 5.11 Å². The summed E-state index contributed by atoms with van der Waals surface area (Å²) in [6, 6.07) is 4.33. The zero-order valence-corrected chi connectivity index (χ0v) is 8.62. The molecule has 3 heteroatoms. The lowest BCUT2D eigenvalue weighted by atomic mass is 9.92. The van der Waals surface area contributed by atoms with Gasteiger partial charge in [0.2, 0.25) is 0 Å². The zero-order valence-electron chi connectivity index (χ0n) is 8.62. The molecule has 1 aromatic rings. The van der Waals surface area contributed by atoms with Crippen molar-refractivity contribution in [3.8, 4) is 5.75 Å². The highest BCUT2D eigenvalue weighted by Gasteiger charge is 2.23. The average molecular weight is 209 g/mol. The van der Waals surface area contributed by atoms with Gasteiger partial charge in [0.1, 0.15) is 0 Å². The number of aromatic hydroxyl groups is 1. The van der Waals surface area contributed by atoms with Crippen LogP contribution in [0.5, 0.6) is 5.75 Å². The van der Waals surface area contributed by atoms with E-state index in [0.717, 1.165) is 18.4 Å². The summed E-state index contributed by atoms with van der Waals surface area (Å²) in [5, 5.41) is 9.08. The maximum absolute atomic E-state index is 13.1. The van der Waals surface area contributed by atoms with Crippen molar-refractivity contribution >= 4 is 0 Å². The van der Waals surface area contributed by atoms with Crippen LogP contribution in [0.4, 0.5) is 4.39 Å². The molecule has 0 heterocycles. The van der Waals surface area contributed by atoms with Crippen molar-refractivity contribution in [2.75, 3.05) is 0 Å². The van der Waals surface area contributed by atoms with Gasteiger partial charge in [0.25, 0.3) is 0 Å². The molecule has 0 saturated heterocycles. The van der Waals surface area contributed by atoms with E-state index in [0.29, 0.717) is 5.92 Å². The Hall–Kier alpha value is -1.09. The van der Waals surface area contributed by atoms with Crippen LogP contribution in [0.2, 0.25) is 0 Å². The first-order valence-corrected chi connectivity index (χ1v) is 5.42. The Kier molecular flexibility index (Phi) is 2.91. The number of halogens is 1. The first kappa shape index (κ1) is 10.4. The van der Waals surface area contributed by atoms with Gasteiger partial charge in [-0.1, -0.05) is 18.9 Å². The normalized spacial score (nSPS) is 19.3. The largest absolute Gasteiger partial charge is 0.505 e. The molecule has 0 spiro atoms. The molecular weight excluding hydrogens is 193 g/mol. The Balaban J connectivity index is 2.17. The molecule has 1 atom stereocenters. The second kappa shape index (κ2) is 4.19. The topological polar surface area (TPSA) is 46.2 Å². The van der Waals surface area contributed by atoms with Crippen molar-refractivity contribution in [3.63, 3.8) is 0 Å². The quantitative estimate of drug-likeness (QED) is 0.786. The van der Waals surface area contributed by atoms with Crippen LogP contribution in [0, 0.1) is 11.7 Å². The molecular formula is C12H16FNO. The average Bonchev–Trinajstić information content (AvgIpc) is 2.74. The van der Waals surface area contributed by atoms with E-state index in [1.54, 1.807) is 6.07 Å². The molecule has 0 bridgehead atoms. The SMILES string of the molecule is N[C@H](c1ccc(O)c(F)c1)C1CCCC1. The van der Waals surface area contributed by atoms with E-state index in [4.69, 9.17) is 10.8 Å². The third-order valence-electron chi connectivity index (χ3n) is 3.26. The number of phenols is 1. The molecule has 0 aliphatic heterocycles. The lowest BCUT2D eigenvalue weighted by molar-refractivity contribution is 0.422. The van der Waals surface area contributed by atoms with Crippen LogP contribution in [0.25, 0.3) is 0 Å². The molecule has 1 saturated carbocycles. The third kappa shape index (κ3) is 2.12. The van der Waals surface area contributed by atoms with Gasteiger partial charge in [-0.3, -0.25) is 0 Å². The monoisotopic (exact) mass is 209 g/mol. The molecule has 2 rings (SSSR count). The van der Waals surface area contributed by atoms with Gasteiger partial charge >= 0.3 is 0 Å². The predicted octanol–water partition coefficient (Wildman–Crippen LogP) is 2.72. The fraction of sp³-hybridized carbons (Fsp3) is 0.500. The fourth-order valence-corrected chi connectivity index (χ4v) is 2.32. The second-order valence-corrected chi connectivity index (χ2v) is 4.28. The zero-order chi connectivity index (χ0) is 10.8. The van der Waals surface area contributed by atoms with E-state index < -0.39 is 5.82 Å². The minimum absolute atomic E-state index is 0.0948. The molecule has 0 amide bonds. The Morgan fingerprint density at radius 3 is 2.60 bits per heavy atom. The van der Waals surface area contributed by atoms with Gasteiger partial charge in [0, 0.05) is 6.04 Å². The van der Waals surface area contributed by atoms with Crippen molar-refractivity contribution in [3.05, 3.63) is 29.6 Å². The summed E-state index contributed by atoms with van der Waals surface area (Å²) in [5.41, 5.74) is 6.86. The summed E-state index contributed by atoms with van der Waals surface area (Å²) in [4.78, 5) is 0. The number of phenolic OH excluding ortho intramolecular Hbond substituents is 1. The van der Waals surface area contributed by atoms with Gasteiger partial charge in [0.15, 0.2) is 11.6 Å². The first-order valence-electron chi connectivity index (χ1n) is 5.42. The molecule has 0 aromatic heterocycles. The Bertz CT molecular complexity index is 347. The predicted molar refractivity (Wildman–Crippen MR) is 57.0 cm³/mol. The minimum atomic E-state index is -0.582. The number of hydrogen-bond donors (Lipinski definition) is 2. The van der Waals surface area contributed by atoms with Crippen molar-refractivity contribution in [1.29, 1.82) is 0 Å². The van der Waals surface area contributed by atoms with Crippen molar-refractivity contribution in [1.82, 2.24) is 0 Å². The van der Waals surface area contributed by atoms with Crippen LogP contribution >= 0.6 is 0 Å². The summed E-state index contributed by atoms with van der Waals surface area (Å²) >= 11 is 0. The molecule has 15 heavy (non-hydrogen) atoms. The lowest BCUT2D eigenvalue weighted by Crippen LogP contribution is -2.19. The highest BCUT2D eigenvalue weighted by Crippen LogP contribution is 2.34. The van der Waals surface area contributed by atoms with Crippen LogP contribution in [0.1, 0.15) is 37.3 Å². The van der Waals surface area contributed by atoms with Gasteiger partial charge in [0.05, 0.1) is 0 Å². The highest BCUT2D eigenvalue weighted by atomic mass is 19.1. The fourth-order valence-electron chi connectivity index (χ4n) is 2.32. The molecule has 1 aliphatic rings. The van der Waals surface area contributed by atoms with Gasteiger partial charge < -0.3 is 10.8 Å². The molecule has 82 valence electrons. The van der Waals surface area contributed by atoms with Crippen molar-refractivity contribution < 1.29 is 9.50 Å². The summed E-state index contributed by atoms with van der Waals surface area (Å²) in [7, 11) is 0. The molecule has 0 unspecified atom stereocenters. The van der Waals surface area contributed by atoms with Crippen LogP contribution in [-0.2, 0) is 0 Å². The maximum Gasteiger partial charge on any atom is 0.165 e. The van der Waals surface area contributed by atoms with E-state index in [1.165, 1.54) is 25.0 Å². The van der Waals surface area contributed by atoms with Gasteiger partial charge in [-0.15, -0.1) is 0 Å². The molecule has 3 N–H and O–H groups in total. The Labute approximate surface area is 88.9 Å². The van der Waals surface area contributed by atoms with Crippen LogP contribution in [0.15, 0.2) is 18.2 Å². The summed E-state index contributed by atoms with van der Waals surface area (Å²) in [6.45, 7) is 0. The van der Waals surface area contributed by atoms with Gasteiger partial charge in [-0.05, 0) is 36.5 Å². The number of nitrogens with two attached hydrogens (primary N) is 1. The molecule has 1 aromatic carbocycles. The Morgan fingerprint density at radius 2 is 2.00 bits per heavy atom. The minimum Gasteiger partial charge on any atom is -0.505 e. The molecule has 1 aliphatic carbocycles. The smallest absolute Gasteiger partial charge is 0.165 e. The molecule has 2 nitrogen and oxygen atoms in total. The van der Waals surface area contributed by atoms with Crippen LogP contribution in [0.3, 0.4) is 0 Å². The first-order chi connectivity index (χ1) is 7.18.